The fraction of sp³-hybridized carbons (Fsp3) is 0.0526. The SMILES string of the molecule is COc1ccc(-n2nc(Oc3ccc(F)cc3F)oc2=O)cc1-n1cccc1. The minimum Gasteiger partial charge on any atom is -0.495 e. The summed E-state index contributed by atoms with van der Waals surface area (Å²) in [5, 5.41) is 3.92. The average Bonchev–Trinajstić information content (AvgIpc) is 3.33. The van der Waals surface area contributed by atoms with Crippen molar-refractivity contribution in [2.24, 2.45) is 0 Å². The van der Waals surface area contributed by atoms with E-state index in [1.807, 2.05) is 24.5 Å². The molecule has 0 atom stereocenters. The molecule has 4 rings (SSSR count). The van der Waals surface area contributed by atoms with E-state index in [4.69, 9.17) is 13.9 Å². The predicted molar refractivity (Wildman–Crippen MR) is 94.4 cm³/mol. The Balaban J connectivity index is 1.71. The van der Waals surface area contributed by atoms with Gasteiger partial charge in [-0.15, -0.1) is 0 Å². The summed E-state index contributed by atoms with van der Waals surface area (Å²) in [6.07, 6.45) is 3.16. The van der Waals surface area contributed by atoms with E-state index in [0.29, 0.717) is 23.2 Å². The summed E-state index contributed by atoms with van der Waals surface area (Å²) in [5.41, 5.74) is 1.06. The van der Waals surface area contributed by atoms with Crippen LogP contribution in [-0.4, -0.2) is 21.5 Å². The molecule has 0 fully saturated rings. The molecule has 0 aliphatic carbocycles. The van der Waals surface area contributed by atoms with Gasteiger partial charge in [-0.2, -0.15) is 4.68 Å². The van der Waals surface area contributed by atoms with Crippen LogP contribution in [0.15, 0.2) is 70.1 Å². The third-order valence-corrected chi connectivity index (χ3v) is 3.91. The van der Waals surface area contributed by atoms with E-state index < -0.39 is 23.5 Å². The molecule has 2 heterocycles. The maximum absolute atomic E-state index is 13.7. The number of nitrogens with zero attached hydrogens (tertiary/aromatic N) is 3. The van der Waals surface area contributed by atoms with Crippen molar-refractivity contribution in [3.8, 4) is 29.0 Å². The molecule has 0 aliphatic heterocycles. The van der Waals surface area contributed by atoms with Gasteiger partial charge in [0.2, 0.25) is 0 Å². The second-order valence-electron chi connectivity index (χ2n) is 5.67. The average molecular weight is 385 g/mol. The van der Waals surface area contributed by atoms with Gasteiger partial charge in [0, 0.05) is 18.5 Å². The third-order valence-electron chi connectivity index (χ3n) is 3.91. The molecule has 4 aromatic rings. The van der Waals surface area contributed by atoms with Crippen molar-refractivity contribution in [2.45, 2.75) is 0 Å². The van der Waals surface area contributed by atoms with Crippen LogP contribution in [0.3, 0.4) is 0 Å². The summed E-state index contributed by atoms with van der Waals surface area (Å²) >= 11 is 0. The number of hydrogen-bond acceptors (Lipinski definition) is 5. The van der Waals surface area contributed by atoms with Crippen LogP contribution in [-0.2, 0) is 0 Å². The smallest absolute Gasteiger partial charge is 0.444 e. The quantitative estimate of drug-likeness (QED) is 0.524. The third kappa shape index (κ3) is 3.25. The summed E-state index contributed by atoms with van der Waals surface area (Å²) in [7, 11) is 1.54. The van der Waals surface area contributed by atoms with Gasteiger partial charge in [-0.1, -0.05) is 5.10 Å². The molecular formula is C19H13F2N3O4. The fourth-order valence-electron chi connectivity index (χ4n) is 2.62. The van der Waals surface area contributed by atoms with E-state index in [1.165, 1.54) is 7.11 Å². The molecule has 7 nitrogen and oxygen atoms in total. The second-order valence-corrected chi connectivity index (χ2v) is 5.67. The first kappa shape index (κ1) is 17.5. The van der Waals surface area contributed by atoms with Gasteiger partial charge in [0.1, 0.15) is 11.6 Å². The summed E-state index contributed by atoms with van der Waals surface area (Å²) in [6.45, 7) is 0. The molecule has 0 radical (unpaired) electrons. The zero-order chi connectivity index (χ0) is 19.7. The number of benzene rings is 2. The molecule has 9 heteroatoms. The molecule has 0 bridgehead atoms. The van der Waals surface area contributed by atoms with Gasteiger partial charge in [0.05, 0.1) is 18.5 Å². The van der Waals surface area contributed by atoms with Crippen molar-refractivity contribution in [1.82, 2.24) is 14.3 Å². The van der Waals surface area contributed by atoms with Gasteiger partial charge in [-0.3, -0.25) is 0 Å². The Morgan fingerprint density at radius 1 is 1.04 bits per heavy atom. The van der Waals surface area contributed by atoms with E-state index in [1.54, 1.807) is 22.8 Å². The first-order valence-electron chi connectivity index (χ1n) is 8.10. The minimum atomic E-state index is -0.948. The zero-order valence-electron chi connectivity index (χ0n) is 14.5. The molecule has 2 aromatic carbocycles. The van der Waals surface area contributed by atoms with Crippen molar-refractivity contribution in [3.63, 3.8) is 0 Å². The van der Waals surface area contributed by atoms with Crippen molar-refractivity contribution >= 4 is 0 Å². The molecule has 0 N–H and O–H groups in total. The molecule has 0 unspecified atom stereocenters. The molecular weight excluding hydrogens is 372 g/mol. The highest BCUT2D eigenvalue weighted by Gasteiger charge is 2.16. The Morgan fingerprint density at radius 3 is 2.50 bits per heavy atom. The van der Waals surface area contributed by atoms with Crippen LogP contribution in [0.5, 0.6) is 17.6 Å². The van der Waals surface area contributed by atoms with Crippen LogP contribution in [0.2, 0.25) is 0 Å². The lowest BCUT2D eigenvalue weighted by Crippen LogP contribution is -2.13. The van der Waals surface area contributed by atoms with Crippen LogP contribution in [0, 0.1) is 11.6 Å². The van der Waals surface area contributed by atoms with E-state index in [9.17, 15) is 13.6 Å². The topological polar surface area (TPSA) is 71.4 Å². The van der Waals surface area contributed by atoms with Crippen LogP contribution >= 0.6 is 0 Å². The standard InChI is InChI=1S/C19H13F2N3O4/c1-26-17-7-5-13(11-15(17)23-8-2-3-9-23)24-19(25)28-18(22-24)27-16-6-4-12(20)10-14(16)21/h2-11H,1H3. The molecule has 0 saturated carbocycles. The lowest BCUT2D eigenvalue weighted by atomic mass is 10.2. The summed E-state index contributed by atoms with van der Waals surface area (Å²) in [4.78, 5) is 12.2. The van der Waals surface area contributed by atoms with Crippen molar-refractivity contribution in [1.29, 1.82) is 0 Å². The van der Waals surface area contributed by atoms with Crippen molar-refractivity contribution < 1.29 is 22.7 Å². The van der Waals surface area contributed by atoms with Crippen LogP contribution in [0.25, 0.3) is 11.4 Å². The van der Waals surface area contributed by atoms with Gasteiger partial charge in [-0.25, -0.2) is 13.6 Å². The van der Waals surface area contributed by atoms with E-state index >= 15 is 0 Å². The lowest BCUT2D eigenvalue weighted by molar-refractivity contribution is 0.308. The monoisotopic (exact) mass is 385 g/mol. The Bertz CT molecular complexity index is 1180. The highest BCUT2D eigenvalue weighted by molar-refractivity contribution is 5.53. The second kappa shape index (κ2) is 7.03. The number of hydrogen-bond donors (Lipinski definition) is 0. The largest absolute Gasteiger partial charge is 0.495 e. The summed E-state index contributed by atoms with van der Waals surface area (Å²) in [5.74, 6) is -2.27. The van der Waals surface area contributed by atoms with Gasteiger partial charge in [-0.05, 0) is 42.5 Å². The molecule has 2 aromatic heterocycles. The van der Waals surface area contributed by atoms with Crippen LogP contribution < -0.4 is 15.2 Å². The van der Waals surface area contributed by atoms with Crippen molar-refractivity contribution in [3.05, 3.63) is 83.1 Å². The van der Waals surface area contributed by atoms with E-state index in [0.717, 1.165) is 16.8 Å². The number of aromatic nitrogens is 3. The van der Waals surface area contributed by atoms with Gasteiger partial charge in [0.25, 0.3) is 0 Å². The zero-order valence-corrected chi connectivity index (χ0v) is 14.5. The van der Waals surface area contributed by atoms with E-state index in [2.05, 4.69) is 5.10 Å². The highest BCUT2D eigenvalue weighted by Crippen LogP contribution is 2.27. The maximum Gasteiger partial charge on any atom is 0.444 e. The maximum atomic E-state index is 13.7. The Morgan fingerprint density at radius 2 is 1.79 bits per heavy atom. The first-order chi connectivity index (χ1) is 13.5. The van der Waals surface area contributed by atoms with Crippen LogP contribution in [0.1, 0.15) is 0 Å². The number of ether oxygens (including phenoxy) is 2. The molecule has 142 valence electrons. The lowest BCUT2D eigenvalue weighted by Gasteiger charge is -2.11. The first-order valence-corrected chi connectivity index (χ1v) is 8.10. The minimum absolute atomic E-state index is 0.322. The Hall–Kier alpha value is -3.88. The number of halogens is 2. The van der Waals surface area contributed by atoms with E-state index in [-0.39, 0.29) is 5.75 Å². The van der Waals surface area contributed by atoms with Gasteiger partial charge in [0.15, 0.2) is 11.6 Å². The molecule has 0 saturated heterocycles. The number of rotatable bonds is 5. The van der Waals surface area contributed by atoms with Gasteiger partial charge >= 0.3 is 11.8 Å². The normalized spacial score (nSPS) is 10.8. The van der Waals surface area contributed by atoms with Gasteiger partial charge < -0.3 is 18.5 Å². The Kier molecular flexibility index (Phi) is 4.40. The fourth-order valence-corrected chi connectivity index (χ4v) is 2.62. The van der Waals surface area contributed by atoms with Crippen LogP contribution in [0.4, 0.5) is 8.78 Å². The molecule has 0 spiro atoms. The molecule has 0 aliphatic rings. The highest BCUT2D eigenvalue weighted by atomic mass is 19.1. The molecule has 28 heavy (non-hydrogen) atoms. The Labute approximate surface area is 157 Å². The molecule has 0 amide bonds. The van der Waals surface area contributed by atoms with Crippen molar-refractivity contribution in [2.75, 3.05) is 7.11 Å². The number of methoxy groups -OCH3 is 1. The predicted octanol–water partition coefficient (Wildman–Crippen LogP) is 3.70. The summed E-state index contributed by atoms with van der Waals surface area (Å²) < 4.78 is 44.9. The summed E-state index contributed by atoms with van der Waals surface area (Å²) in [6, 6.07) is 11.4.